The third-order valence-electron chi connectivity index (χ3n) is 3.00. The van der Waals surface area contributed by atoms with E-state index in [1.54, 1.807) is 0 Å². The predicted molar refractivity (Wildman–Crippen MR) is 72.9 cm³/mol. The summed E-state index contributed by atoms with van der Waals surface area (Å²) in [6, 6.07) is 16.5. The number of aryl methyl sites for hydroxylation is 1. The average molecular weight is 220 g/mol. The minimum atomic E-state index is 0.822. The first-order valence-electron chi connectivity index (χ1n) is 5.86. The first kappa shape index (κ1) is 11.5. The monoisotopic (exact) mass is 220 g/mol. The predicted octanol–water partition coefficient (Wildman–Crippen LogP) is 3.90. The highest BCUT2D eigenvalue weighted by molar-refractivity contribution is 5.38. The second kappa shape index (κ2) is 5.37. The van der Waals surface area contributed by atoms with E-state index in [0.29, 0.717) is 0 Å². The van der Waals surface area contributed by atoms with Gasteiger partial charge >= 0.3 is 0 Å². The SMILES string of the molecule is Cc1cccc(CC#Cc2ccccc2)c1C. The molecule has 2 aromatic carbocycles. The van der Waals surface area contributed by atoms with Gasteiger partial charge in [0.2, 0.25) is 0 Å². The van der Waals surface area contributed by atoms with Crippen molar-refractivity contribution in [3.63, 3.8) is 0 Å². The van der Waals surface area contributed by atoms with Crippen molar-refractivity contribution >= 4 is 0 Å². The van der Waals surface area contributed by atoms with Crippen molar-refractivity contribution in [1.29, 1.82) is 0 Å². The first-order chi connectivity index (χ1) is 8.27. The molecule has 0 heterocycles. The van der Waals surface area contributed by atoms with Gasteiger partial charge in [0, 0.05) is 12.0 Å². The Morgan fingerprint density at radius 3 is 2.41 bits per heavy atom. The molecule has 0 heteroatoms. The van der Waals surface area contributed by atoms with Gasteiger partial charge in [-0.05, 0) is 42.7 Å². The summed E-state index contributed by atoms with van der Waals surface area (Å²) < 4.78 is 0. The topological polar surface area (TPSA) is 0 Å². The maximum Gasteiger partial charge on any atom is 0.0346 e. The van der Waals surface area contributed by atoms with Gasteiger partial charge in [-0.2, -0.15) is 0 Å². The molecule has 0 fully saturated rings. The van der Waals surface area contributed by atoms with Gasteiger partial charge in [0.15, 0.2) is 0 Å². The molecule has 84 valence electrons. The number of hydrogen-bond acceptors (Lipinski definition) is 0. The zero-order valence-corrected chi connectivity index (χ0v) is 10.3. The molecule has 0 saturated carbocycles. The second-order valence-electron chi connectivity index (χ2n) is 4.20. The van der Waals surface area contributed by atoms with Crippen LogP contribution in [0, 0.1) is 25.7 Å². The van der Waals surface area contributed by atoms with Crippen molar-refractivity contribution in [3.8, 4) is 11.8 Å². The largest absolute Gasteiger partial charge is 0.0931 e. The molecule has 0 nitrogen and oxygen atoms in total. The maximum atomic E-state index is 3.24. The minimum Gasteiger partial charge on any atom is -0.0931 e. The molecule has 17 heavy (non-hydrogen) atoms. The van der Waals surface area contributed by atoms with Crippen LogP contribution in [-0.4, -0.2) is 0 Å². The highest BCUT2D eigenvalue weighted by Gasteiger charge is 1.97. The van der Waals surface area contributed by atoms with Crippen LogP contribution in [-0.2, 0) is 6.42 Å². The molecule has 0 saturated heterocycles. The van der Waals surface area contributed by atoms with Gasteiger partial charge in [-0.3, -0.25) is 0 Å². The molecular weight excluding hydrogens is 204 g/mol. The molecule has 0 aliphatic heterocycles. The smallest absolute Gasteiger partial charge is 0.0346 e. The Hall–Kier alpha value is -2.00. The van der Waals surface area contributed by atoms with Crippen LogP contribution >= 0.6 is 0 Å². The molecule has 0 radical (unpaired) electrons. The van der Waals surface area contributed by atoms with Gasteiger partial charge < -0.3 is 0 Å². The maximum absolute atomic E-state index is 3.24. The van der Waals surface area contributed by atoms with E-state index in [9.17, 15) is 0 Å². The molecule has 0 bridgehead atoms. The van der Waals surface area contributed by atoms with E-state index < -0.39 is 0 Å². The van der Waals surface area contributed by atoms with E-state index in [1.807, 2.05) is 30.3 Å². The fourth-order valence-electron chi connectivity index (χ4n) is 1.77. The van der Waals surface area contributed by atoms with Crippen molar-refractivity contribution in [2.45, 2.75) is 20.3 Å². The highest BCUT2D eigenvalue weighted by Crippen LogP contribution is 2.12. The van der Waals surface area contributed by atoms with Gasteiger partial charge in [-0.15, -0.1) is 0 Å². The zero-order valence-electron chi connectivity index (χ0n) is 10.3. The molecule has 2 aromatic rings. The Morgan fingerprint density at radius 2 is 1.65 bits per heavy atom. The minimum absolute atomic E-state index is 0.822. The van der Waals surface area contributed by atoms with Crippen molar-refractivity contribution in [2.24, 2.45) is 0 Å². The van der Waals surface area contributed by atoms with Crippen LogP contribution in [0.3, 0.4) is 0 Å². The second-order valence-corrected chi connectivity index (χ2v) is 4.20. The molecular formula is C17H16. The standard InChI is InChI=1S/C17H16/c1-14-8-6-12-17(15(14)2)13-7-11-16-9-4-3-5-10-16/h3-6,8-10,12H,13H2,1-2H3. The summed E-state index contributed by atoms with van der Waals surface area (Å²) in [5.41, 5.74) is 5.10. The van der Waals surface area contributed by atoms with E-state index in [0.717, 1.165) is 12.0 Å². The van der Waals surface area contributed by atoms with Gasteiger partial charge in [0.25, 0.3) is 0 Å². The summed E-state index contributed by atoms with van der Waals surface area (Å²) in [5.74, 6) is 6.43. The van der Waals surface area contributed by atoms with Crippen LogP contribution in [0.5, 0.6) is 0 Å². The van der Waals surface area contributed by atoms with Crippen LogP contribution in [0.2, 0.25) is 0 Å². The third kappa shape index (κ3) is 2.98. The van der Waals surface area contributed by atoms with Crippen LogP contribution < -0.4 is 0 Å². The summed E-state index contributed by atoms with van der Waals surface area (Å²) >= 11 is 0. The van der Waals surface area contributed by atoms with Crippen molar-refractivity contribution < 1.29 is 0 Å². The van der Waals surface area contributed by atoms with Crippen LogP contribution in [0.1, 0.15) is 22.3 Å². The summed E-state index contributed by atoms with van der Waals surface area (Å²) in [6.07, 6.45) is 0.822. The van der Waals surface area contributed by atoms with Crippen molar-refractivity contribution in [2.75, 3.05) is 0 Å². The third-order valence-corrected chi connectivity index (χ3v) is 3.00. The normalized spacial score (nSPS) is 9.53. The lowest BCUT2D eigenvalue weighted by Crippen LogP contribution is -1.90. The summed E-state index contributed by atoms with van der Waals surface area (Å²) in [4.78, 5) is 0. The van der Waals surface area contributed by atoms with Gasteiger partial charge in [-0.25, -0.2) is 0 Å². The molecule has 2 rings (SSSR count). The Balaban J connectivity index is 2.14. The van der Waals surface area contributed by atoms with Crippen LogP contribution in [0.4, 0.5) is 0 Å². The van der Waals surface area contributed by atoms with Gasteiger partial charge in [-0.1, -0.05) is 48.2 Å². The molecule has 0 unspecified atom stereocenters. The molecule has 0 N–H and O–H groups in total. The van der Waals surface area contributed by atoms with Gasteiger partial charge in [0.1, 0.15) is 0 Å². The number of benzene rings is 2. The van der Waals surface area contributed by atoms with Crippen molar-refractivity contribution in [3.05, 3.63) is 70.8 Å². The fraction of sp³-hybridized carbons (Fsp3) is 0.176. The first-order valence-corrected chi connectivity index (χ1v) is 5.86. The lowest BCUT2D eigenvalue weighted by Gasteiger charge is -2.04. The summed E-state index contributed by atoms with van der Waals surface area (Å²) in [7, 11) is 0. The van der Waals surface area contributed by atoms with E-state index >= 15 is 0 Å². The fourth-order valence-corrected chi connectivity index (χ4v) is 1.77. The molecule has 0 amide bonds. The summed E-state index contributed by atoms with van der Waals surface area (Å²) in [6.45, 7) is 4.30. The Labute approximate surface area is 103 Å². The highest BCUT2D eigenvalue weighted by atomic mass is 14.0. The lowest BCUT2D eigenvalue weighted by atomic mass is 10.0. The molecule has 0 aromatic heterocycles. The Kier molecular flexibility index (Phi) is 3.62. The zero-order chi connectivity index (χ0) is 12.1. The number of hydrogen-bond donors (Lipinski definition) is 0. The van der Waals surface area contributed by atoms with E-state index in [-0.39, 0.29) is 0 Å². The van der Waals surface area contributed by atoms with Crippen LogP contribution in [0.25, 0.3) is 0 Å². The Bertz CT molecular complexity index is 554. The van der Waals surface area contributed by atoms with E-state index in [4.69, 9.17) is 0 Å². The molecule has 0 atom stereocenters. The Morgan fingerprint density at radius 1 is 0.882 bits per heavy atom. The van der Waals surface area contributed by atoms with Gasteiger partial charge in [0.05, 0.1) is 0 Å². The average Bonchev–Trinajstić information content (AvgIpc) is 2.36. The molecule has 0 aliphatic rings. The number of rotatable bonds is 1. The van der Waals surface area contributed by atoms with E-state index in [1.165, 1.54) is 16.7 Å². The molecule has 0 aliphatic carbocycles. The van der Waals surface area contributed by atoms with E-state index in [2.05, 4.69) is 43.9 Å². The quantitative estimate of drug-likeness (QED) is 0.639. The van der Waals surface area contributed by atoms with Crippen molar-refractivity contribution in [1.82, 2.24) is 0 Å². The molecule has 0 spiro atoms. The summed E-state index contributed by atoms with van der Waals surface area (Å²) in [5, 5.41) is 0. The lowest BCUT2D eigenvalue weighted by molar-refractivity contribution is 1.20. The van der Waals surface area contributed by atoms with Crippen LogP contribution in [0.15, 0.2) is 48.5 Å².